The Bertz CT molecular complexity index is 574. The third-order valence-electron chi connectivity index (χ3n) is 3.75. The van der Waals surface area contributed by atoms with Gasteiger partial charge in [-0.25, -0.2) is 0 Å². The van der Waals surface area contributed by atoms with E-state index in [9.17, 15) is 30.3 Å². The number of esters is 1. The summed E-state index contributed by atoms with van der Waals surface area (Å²) in [6, 6.07) is 4.11. The molecule has 0 radical (unpaired) electrons. The fourth-order valence-corrected chi connectivity index (χ4v) is 2.32. The number of phenols is 2. The SMILES string of the molecule is O=C(CCc1ccc(O)c(O)c1)O[C@H]1O[C@H](CO)[C@@H](O)[C@H](O)[C@H]1O. The van der Waals surface area contributed by atoms with Crippen LogP contribution in [0.25, 0.3) is 0 Å². The van der Waals surface area contributed by atoms with Crippen molar-refractivity contribution in [2.75, 3.05) is 6.61 Å². The maximum atomic E-state index is 11.8. The highest BCUT2D eigenvalue weighted by atomic mass is 16.7. The first-order chi connectivity index (χ1) is 11.3. The van der Waals surface area contributed by atoms with Crippen LogP contribution in [0.3, 0.4) is 0 Å². The van der Waals surface area contributed by atoms with Crippen LogP contribution in [-0.4, -0.2) is 73.9 Å². The predicted octanol–water partition coefficient (Wildman–Crippen LogP) is -1.63. The van der Waals surface area contributed by atoms with Crippen molar-refractivity contribution in [3.8, 4) is 11.5 Å². The van der Waals surface area contributed by atoms with Crippen LogP contribution < -0.4 is 0 Å². The van der Waals surface area contributed by atoms with Gasteiger partial charge in [0, 0.05) is 6.42 Å². The first-order valence-corrected chi connectivity index (χ1v) is 7.34. The number of aliphatic hydroxyl groups excluding tert-OH is 4. The van der Waals surface area contributed by atoms with E-state index >= 15 is 0 Å². The summed E-state index contributed by atoms with van der Waals surface area (Å²) in [5, 5.41) is 56.7. The van der Waals surface area contributed by atoms with Gasteiger partial charge >= 0.3 is 5.97 Å². The Balaban J connectivity index is 1.90. The zero-order chi connectivity index (χ0) is 17.9. The molecule has 24 heavy (non-hydrogen) atoms. The topological polar surface area (TPSA) is 157 Å². The van der Waals surface area contributed by atoms with E-state index in [1.54, 1.807) is 0 Å². The van der Waals surface area contributed by atoms with Crippen LogP contribution in [0.1, 0.15) is 12.0 Å². The van der Waals surface area contributed by atoms with E-state index in [-0.39, 0.29) is 24.3 Å². The Morgan fingerprint density at radius 2 is 1.79 bits per heavy atom. The highest BCUT2D eigenvalue weighted by Gasteiger charge is 2.45. The monoisotopic (exact) mass is 344 g/mol. The molecule has 1 heterocycles. The van der Waals surface area contributed by atoms with E-state index in [4.69, 9.17) is 14.6 Å². The van der Waals surface area contributed by atoms with Crippen molar-refractivity contribution in [1.29, 1.82) is 0 Å². The molecular formula is C15H20O9. The minimum absolute atomic E-state index is 0.112. The minimum Gasteiger partial charge on any atom is -0.504 e. The van der Waals surface area contributed by atoms with Gasteiger partial charge in [-0.3, -0.25) is 4.79 Å². The molecule has 1 saturated heterocycles. The second kappa shape index (κ2) is 7.77. The standard InChI is InChI=1S/C15H20O9/c16-6-10-12(20)13(21)14(22)15(23-10)24-11(19)4-2-7-1-3-8(17)9(18)5-7/h1,3,5,10,12-18,20-22H,2,4,6H2/t10-,12-,13+,14-,15-/m1/s1. The number of carbonyl (C=O) groups excluding carboxylic acids is 1. The third kappa shape index (κ3) is 4.13. The van der Waals surface area contributed by atoms with Crippen LogP contribution in [0.5, 0.6) is 11.5 Å². The highest BCUT2D eigenvalue weighted by Crippen LogP contribution is 2.26. The van der Waals surface area contributed by atoms with Gasteiger partial charge in [0.2, 0.25) is 6.29 Å². The summed E-state index contributed by atoms with van der Waals surface area (Å²) in [6.07, 6.45) is -7.38. The molecule has 0 aliphatic carbocycles. The number of aliphatic hydroxyl groups is 4. The summed E-state index contributed by atoms with van der Waals surface area (Å²) in [7, 11) is 0. The smallest absolute Gasteiger partial charge is 0.308 e. The normalized spacial score (nSPS) is 30.1. The molecule has 2 rings (SSSR count). The number of aryl methyl sites for hydroxylation is 1. The number of hydrogen-bond donors (Lipinski definition) is 6. The Hall–Kier alpha value is -1.91. The summed E-state index contributed by atoms with van der Waals surface area (Å²) < 4.78 is 9.99. The largest absolute Gasteiger partial charge is 0.504 e. The van der Waals surface area contributed by atoms with Crippen molar-refractivity contribution in [2.24, 2.45) is 0 Å². The molecule has 9 nitrogen and oxygen atoms in total. The number of aromatic hydroxyl groups is 2. The maximum Gasteiger partial charge on any atom is 0.308 e. The molecule has 9 heteroatoms. The van der Waals surface area contributed by atoms with Crippen LogP contribution in [0.2, 0.25) is 0 Å². The van der Waals surface area contributed by atoms with Crippen LogP contribution in [0.4, 0.5) is 0 Å². The molecule has 0 saturated carbocycles. The van der Waals surface area contributed by atoms with Gasteiger partial charge in [0.15, 0.2) is 11.5 Å². The number of phenolic OH excluding ortho intramolecular Hbond substituents is 2. The van der Waals surface area contributed by atoms with E-state index in [2.05, 4.69) is 0 Å². The lowest BCUT2D eigenvalue weighted by atomic mass is 9.99. The molecule has 6 N–H and O–H groups in total. The van der Waals surface area contributed by atoms with Crippen LogP contribution in [0.15, 0.2) is 18.2 Å². The first kappa shape index (κ1) is 18.4. The Kier molecular flexibility index (Phi) is 5.97. The molecule has 0 amide bonds. The van der Waals surface area contributed by atoms with Crippen molar-refractivity contribution in [2.45, 2.75) is 43.5 Å². The molecule has 5 atom stereocenters. The Morgan fingerprint density at radius 3 is 2.42 bits per heavy atom. The van der Waals surface area contributed by atoms with Crippen molar-refractivity contribution in [3.05, 3.63) is 23.8 Å². The zero-order valence-electron chi connectivity index (χ0n) is 12.6. The quantitative estimate of drug-likeness (QED) is 0.273. The van der Waals surface area contributed by atoms with Gasteiger partial charge in [0.1, 0.15) is 24.4 Å². The van der Waals surface area contributed by atoms with Gasteiger partial charge < -0.3 is 40.1 Å². The highest BCUT2D eigenvalue weighted by molar-refractivity contribution is 5.70. The van der Waals surface area contributed by atoms with Gasteiger partial charge in [-0.2, -0.15) is 0 Å². The number of benzene rings is 1. The van der Waals surface area contributed by atoms with E-state index in [0.29, 0.717) is 5.56 Å². The van der Waals surface area contributed by atoms with Gasteiger partial charge in [-0.05, 0) is 24.1 Å². The van der Waals surface area contributed by atoms with E-state index < -0.39 is 43.3 Å². The summed E-state index contributed by atoms with van der Waals surface area (Å²) in [6.45, 7) is -0.619. The molecule has 0 aromatic heterocycles. The zero-order valence-corrected chi connectivity index (χ0v) is 12.6. The summed E-state index contributed by atoms with van der Waals surface area (Å²) in [5.74, 6) is -1.33. The molecule has 0 spiro atoms. The second-order valence-electron chi connectivity index (χ2n) is 5.51. The fourth-order valence-electron chi connectivity index (χ4n) is 2.32. The van der Waals surface area contributed by atoms with Crippen LogP contribution >= 0.6 is 0 Å². The minimum atomic E-state index is -1.65. The average Bonchev–Trinajstić information content (AvgIpc) is 2.56. The number of rotatable bonds is 5. The summed E-state index contributed by atoms with van der Waals surface area (Å²) in [5.41, 5.74) is 0.580. The van der Waals surface area contributed by atoms with E-state index in [0.717, 1.165) is 0 Å². The van der Waals surface area contributed by atoms with Crippen molar-refractivity contribution >= 4 is 5.97 Å². The molecule has 0 bridgehead atoms. The third-order valence-corrected chi connectivity index (χ3v) is 3.75. The fraction of sp³-hybridized carbons (Fsp3) is 0.533. The molecule has 1 fully saturated rings. The number of carbonyl (C=O) groups is 1. The molecule has 1 aliphatic rings. The lowest BCUT2D eigenvalue weighted by molar-refractivity contribution is -0.292. The average molecular weight is 344 g/mol. The van der Waals surface area contributed by atoms with Crippen molar-refractivity contribution in [1.82, 2.24) is 0 Å². The first-order valence-electron chi connectivity index (χ1n) is 7.34. The summed E-state index contributed by atoms with van der Waals surface area (Å²) >= 11 is 0. The molecule has 1 aromatic carbocycles. The molecule has 0 unspecified atom stereocenters. The maximum absolute atomic E-state index is 11.8. The molecule has 1 aliphatic heterocycles. The Labute approximate surface area is 137 Å². The number of ether oxygens (including phenoxy) is 2. The van der Waals surface area contributed by atoms with E-state index in [1.165, 1.54) is 18.2 Å². The van der Waals surface area contributed by atoms with Crippen molar-refractivity contribution in [3.63, 3.8) is 0 Å². The predicted molar refractivity (Wildman–Crippen MR) is 78.0 cm³/mol. The van der Waals surface area contributed by atoms with Crippen molar-refractivity contribution < 1.29 is 44.9 Å². The molecule has 1 aromatic rings. The van der Waals surface area contributed by atoms with Crippen LogP contribution in [0, 0.1) is 0 Å². The van der Waals surface area contributed by atoms with E-state index in [1.807, 2.05) is 0 Å². The summed E-state index contributed by atoms with van der Waals surface area (Å²) in [4.78, 5) is 11.8. The Morgan fingerprint density at radius 1 is 1.08 bits per heavy atom. The van der Waals surface area contributed by atoms with Gasteiger partial charge in [-0.15, -0.1) is 0 Å². The van der Waals surface area contributed by atoms with Gasteiger partial charge in [0.25, 0.3) is 0 Å². The number of hydrogen-bond acceptors (Lipinski definition) is 9. The lowest BCUT2D eigenvalue weighted by Gasteiger charge is -2.39. The second-order valence-corrected chi connectivity index (χ2v) is 5.51. The lowest BCUT2D eigenvalue weighted by Crippen LogP contribution is -2.59. The van der Waals surface area contributed by atoms with Gasteiger partial charge in [0.05, 0.1) is 6.61 Å². The molecular weight excluding hydrogens is 324 g/mol. The van der Waals surface area contributed by atoms with Gasteiger partial charge in [-0.1, -0.05) is 6.07 Å². The molecule has 134 valence electrons. The van der Waals surface area contributed by atoms with Crippen LogP contribution in [-0.2, 0) is 20.7 Å².